The number of pyridine rings is 1. The van der Waals surface area contributed by atoms with Crippen LogP contribution >= 0.6 is 36.2 Å². The second-order valence-corrected chi connectivity index (χ2v) is 12.3. The molecule has 0 spiro atoms. The van der Waals surface area contributed by atoms with Crippen molar-refractivity contribution in [1.82, 2.24) is 9.88 Å². The number of benzene rings is 2. The number of piperidine rings is 1. The van der Waals surface area contributed by atoms with Crippen LogP contribution in [0.25, 0.3) is 0 Å². The van der Waals surface area contributed by atoms with E-state index in [1.165, 1.54) is 12.1 Å². The van der Waals surface area contributed by atoms with Crippen molar-refractivity contribution in [1.29, 1.82) is 0 Å². The number of urea groups is 1. The topological polar surface area (TPSA) is 104 Å². The van der Waals surface area contributed by atoms with Gasteiger partial charge in [0.1, 0.15) is 11.6 Å². The third-order valence-corrected chi connectivity index (χ3v) is 7.88. The van der Waals surface area contributed by atoms with Gasteiger partial charge < -0.3 is 10.1 Å². The minimum absolute atomic E-state index is 0. The van der Waals surface area contributed by atoms with Gasteiger partial charge in [0.2, 0.25) is 15.9 Å². The first-order valence-corrected chi connectivity index (χ1v) is 15.9. The quantitative estimate of drug-likeness (QED) is 0.199. The van der Waals surface area contributed by atoms with E-state index in [1.54, 1.807) is 53.9 Å². The molecular weight excluding hydrogens is 636 g/mol. The van der Waals surface area contributed by atoms with Gasteiger partial charge in [-0.15, -0.1) is 24.8 Å². The summed E-state index contributed by atoms with van der Waals surface area (Å²) in [6.45, 7) is 2.37. The van der Waals surface area contributed by atoms with Gasteiger partial charge in [-0.1, -0.05) is 6.07 Å². The Morgan fingerprint density at radius 3 is 2.28 bits per heavy atom. The standard InChI is InChI=1S/C29H30FN5O4S2.2ClH/c1-41(37,38)33-24-7-9-27(10-8-24)39-28-11-2-21(18-31-28)19-34-15-12-25(13-16-34)35(26-14-17-40-20-26)29(36)32-23-5-3-22(30)4-6-23;;/h2-11,14,17-18,20,25,33H,12-13,15-16,19H2,1H3,(H,32,36);2*1H. The molecule has 5 rings (SSSR count). The van der Waals surface area contributed by atoms with Crippen molar-refractivity contribution in [2.75, 3.05) is 34.3 Å². The van der Waals surface area contributed by atoms with Gasteiger partial charge in [-0.05, 0) is 78.4 Å². The smallest absolute Gasteiger partial charge is 0.326 e. The number of ether oxygens (including phenoxy) is 1. The monoisotopic (exact) mass is 667 g/mol. The summed E-state index contributed by atoms with van der Waals surface area (Å²) in [5.41, 5.74) is 2.91. The number of anilines is 3. The molecule has 0 atom stereocenters. The molecule has 0 radical (unpaired) electrons. The summed E-state index contributed by atoms with van der Waals surface area (Å²) >= 11 is 1.54. The average molecular weight is 669 g/mol. The molecule has 9 nitrogen and oxygen atoms in total. The molecule has 2 aromatic carbocycles. The lowest BCUT2D eigenvalue weighted by Crippen LogP contribution is -2.48. The number of sulfonamides is 1. The molecule has 14 heteroatoms. The van der Waals surface area contributed by atoms with Crippen molar-refractivity contribution < 1.29 is 22.3 Å². The lowest BCUT2D eigenvalue weighted by molar-refractivity contribution is 0.199. The van der Waals surface area contributed by atoms with Crippen LogP contribution in [0.15, 0.2) is 83.7 Å². The number of nitrogens with zero attached hydrogens (tertiary/aromatic N) is 3. The van der Waals surface area contributed by atoms with Crippen molar-refractivity contribution in [2.24, 2.45) is 0 Å². The molecule has 0 unspecified atom stereocenters. The van der Waals surface area contributed by atoms with Crippen molar-refractivity contribution in [3.05, 3.63) is 95.1 Å². The highest BCUT2D eigenvalue weighted by Gasteiger charge is 2.29. The lowest BCUT2D eigenvalue weighted by Gasteiger charge is -2.38. The SMILES string of the molecule is CS(=O)(=O)Nc1ccc(Oc2ccc(CN3CCC(N(C(=O)Nc4ccc(F)cc4)c4ccsc4)CC3)cn2)cc1.Cl.Cl. The number of carbonyl (C=O) groups excluding carboxylic acids is 1. The van der Waals surface area contributed by atoms with Crippen molar-refractivity contribution >= 4 is 69.3 Å². The van der Waals surface area contributed by atoms with Gasteiger partial charge in [-0.2, -0.15) is 11.3 Å². The predicted octanol–water partition coefficient (Wildman–Crippen LogP) is 6.99. The zero-order valence-electron chi connectivity index (χ0n) is 23.2. The van der Waals surface area contributed by atoms with Crippen molar-refractivity contribution in [2.45, 2.75) is 25.4 Å². The highest BCUT2D eigenvalue weighted by atomic mass is 35.5. The fourth-order valence-corrected chi connectivity index (χ4v) is 5.88. The molecule has 4 aromatic rings. The second kappa shape index (κ2) is 15.3. The van der Waals surface area contributed by atoms with Crippen molar-refractivity contribution in [3.63, 3.8) is 0 Å². The van der Waals surface area contributed by atoms with Gasteiger partial charge >= 0.3 is 6.03 Å². The molecule has 2 amide bonds. The van der Waals surface area contributed by atoms with E-state index >= 15 is 0 Å². The normalized spacial score (nSPS) is 13.7. The number of aromatic nitrogens is 1. The zero-order chi connectivity index (χ0) is 28.8. The van der Waals surface area contributed by atoms with Gasteiger partial charge in [0.05, 0.1) is 11.9 Å². The van der Waals surface area contributed by atoms with Crippen LogP contribution in [0.5, 0.6) is 11.6 Å². The van der Waals surface area contributed by atoms with Gasteiger partial charge in [0.15, 0.2) is 0 Å². The molecule has 230 valence electrons. The van der Waals surface area contributed by atoms with Crippen LogP contribution in [0.4, 0.5) is 26.2 Å². The molecule has 1 aliphatic rings. The summed E-state index contributed by atoms with van der Waals surface area (Å²) in [7, 11) is -3.34. The van der Waals surface area contributed by atoms with Crippen molar-refractivity contribution in [3.8, 4) is 11.6 Å². The van der Waals surface area contributed by atoms with Crippen LogP contribution in [0.1, 0.15) is 18.4 Å². The molecule has 0 saturated carbocycles. The number of hydrogen-bond acceptors (Lipinski definition) is 7. The van der Waals surface area contributed by atoms with E-state index in [4.69, 9.17) is 4.74 Å². The van der Waals surface area contributed by atoms with E-state index in [1.807, 2.05) is 33.9 Å². The Bertz CT molecular complexity index is 1550. The molecule has 2 N–H and O–H groups in total. The van der Waals surface area contributed by atoms with E-state index in [0.717, 1.165) is 50.0 Å². The highest BCUT2D eigenvalue weighted by molar-refractivity contribution is 7.92. The number of thiophene rings is 1. The molecule has 1 saturated heterocycles. The summed E-state index contributed by atoms with van der Waals surface area (Å²) in [5, 5.41) is 6.82. The summed E-state index contributed by atoms with van der Waals surface area (Å²) in [4.78, 5) is 21.8. The predicted molar refractivity (Wildman–Crippen MR) is 174 cm³/mol. The maximum absolute atomic E-state index is 13.3. The maximum atomic E-state index is 13.3. The fourth-order valence-electron chi connectivity index (χ4n) is 4.69. The summed E-state index contributed by atoms with van der Waals surface area (Å²) < 4.78 is 44.2. The van der Waals surface area contributed by atoms with Crippen LogP contribution in [0.2, 0.25) is 0 Å². The number of amides is 2. The number of hydrogen-bond donors (Lipinski definition) is 2. The molecule has 3 heterocycles. The third-order valence-electron chi connectivity index (χ3n) is 6.60. The molecule has 2 aromatic heterocycles. The zero-order valence-corrected chi connectivity index (χ0v) is 26.4. The van der Waals surface area contributed by atoms with Crippen LogP contribution in [0.3, 0.4) is 0 Å². The summed E-state index contributed by atoms with van der Waals surface area (Å²) in [5.74, 6) is 0.637. The Morgan fingerprint density at radius 2 is 1.70 bits per heavy atom. The fraction of sp³-hybridized carbons (Fsp3) is 0.241. The highest BCUT2D eigenvalue weighted by Crippen LogP contribution is 2.28. The maximum Gasteiger partial charge on any atom is 0.326 e. The second-order valence-electron chi connectivity index (χ2n) is 9.80. The third kappa shape index (κ3) is 9.80. The van der Waals surface area contributed by atoms with Gasteiger partial charge in [0, 0.05) is 54.7 Å². The van der Waals surface area contributed by atoms with Gasteiger partial charge in [0.25, 0.3) is 0 Å². The Kier molecular flexibility index (Phi) is 12.2. The summed E-state index contributed by atoms with van der Waals surface area (Å²) in [6.07, 6.45) is 4.51. The molecular formula is C29H32Cl2FN5O4S2. The first-order valence-electron chi connectivity index (χ1n) is 13.0. The Morgan fingerprint density at radius 1 is 1.02 bits per heavy atom. The van der Waals surface area contributed by atoms with E-state index in [9.17, 15) is 17.6 Å². The minimum Gasteiger partial charge on any atom is -0.439 e. The van der Waals surface area contributed by atoms with E-state index < -0.39 is 10.0 Å². The molecule has 0 bridgehead atoms. The Balaban J connectivity index is 0.00000253. The van der Waals surface area contributed by atoms with Gasteiger partial charge in [-0.3, -0.25) is 14.5 Å². The molecule has 1 fully saturated rings. The largest absolute Gasteiger partial charge is 0.439 e. The Hall–Kier alpha value is -3.42. The first kappa shape index (κ1) is 34.1. The van der Waals surface area contributed by atoms with E-state index in [2.05, 4.69) is 19.9 Å². The first-order chi connectivity index (χ1) is 19.7. The number of likely N-dealkylation sites (tertiary alicyclic amines) is 1. The van der Waals surface area contributed by atoms with Crippen LogP contribution in [0, 0.1) is 5.82 Å². The number of carbonyl (C=O) groups is 1. The lowest BCUT2D eigenvalue weighted by atomic mass is 10.0. The number of halogens is 3. The van der Waals surface area contributed by atoms with Gasteiger partial charge in [-0.25, -0.2) is 22.6 Å². The average Bonchev–Trinajstić information content (AvgIpc) is 3.47. The molecule has 1 aliphatic heterocycles. The molecule has 0 aliphatic carbocycles. The van der Waals surface area contributed by atoms with Crippen LogP contribution in [-0.4, -0.2) is 49.7 Å². The Labute approximate surface area is 267 Å². The summed E-state index contributed by atoms with van der Waals surface area (Å²) in [6, 6.07) is 17.9. The molecule has 43 heavy (non-hydrogen) atoms. The minimum atomic E-state index is -3.34. The van der Waals surface area contributed by atoms with Crippen LogP contribution in [-0.2, 0) is 16.6 Å². The van der Waals surface area contributed by atoms with E-state index in [-0.39, 0.29) is 42.7 Å². The van der Waals surface area contributed by atoms with Crippen LogP contribution < -0.4 is 19.7 Å². The number of nitrogens with one attached hydrogen (secondary N) is 2. The van der Waals surface area contributed by atoms with E-state index in [0.29, 0.717) is 23.0 Å². The number of rotatable bonds is 9.